The molecule has 92 valence electrons. The number of nitrogens with zero attached hydrogens (tertiary/aromatic N) is 2. The van der Waals surface area contributed by atoms with Gasteiger partial charge in [0, 0.05) is 34.2 Å². The van der Waals surface area contributed by atoms with Crippen molar-refractivity contribution in [3.63, 3.8) is 0 Å². The highest BCUT2D eigenvalue weighted by Crippen LogP contribution is 2.33. The van der Waals surface area contributed by atoms with Crippen LogP contribution in [-0.2, 0) is 11.8 Å². The molecule has 1 aliphatic rings. The summed E-state index contributed by atoms with van der Waals surface area (Å²) in [5.41, 5.74) is 3.86. The van der Waals surface area contributed by atoms with Crippen molar-refractivity contribution in [1.82, 2.24) is 4.98 Å². The molecule has 0 fully saturated rings. The Hall–Kier alpha value is -1.18. The van der Waals surface area contributed by atoms with Crippen molar-refractivity contribution < 1.29 is 0 Å². The van der Waals surface area contributed by atoms with Crippen LogP contribution in [-0.4, -0.2) is 10.7 Å². The van der Waals surface area contributed by atoms with E-state index in [4.69, 9.17) is 9.98 Å². The maximum atomic E-state index is 4.70. The van der Waals surface area contributed by atoms with E-state index >= 15 is 0 Å². The molecule has 1 aromatic heterocycles. The van der Waals surface area contributed by atoms with Crippen LogP contribution in [0.5, 0.6) is 0 Å². The summed E-state index contributed by atoms with van der Waals surface area (Å²) >= 11 is 0. The molecule has 0 bridgehead atoms. The molecule has 2 heteroatoms. The topological polar surface area (TPSA) is 25.2 Å². The van der Waals surface area contributed by atoms with E-state index in [1.165, 1.54) is 11.3 Å². The molecule has 0 aliphatic carbocycles. The molecule has 1 aromatic rings. The second-order valence-electron chi connectivity index (χ2n) is 6.91. The van der Waals surface area contributed by atoms with Crippen molar-refractivity contribution in [1.29, 1.82) is 0 Å². The van der Waals surface area contributed by atoms with E-state index in [2.05, 4.69) is 53.7 Å². The van der Waals surface area contributed by atoms with Gasteiger partial charge in [0.05, 0.1) is 0 Å². The molecule has 17 heavy (non-hydrogen) atoms. The molecule has 0 aromatic carbocycles. The third kappa shape index (κ3) is 2.41. The highest BCUT2D eigenvalue weighted by molar-refractivity contribution is 5.96. The van der Waals surface area contributed by atoms with E-state index in [0.717, 1.165) is 17.9 Å². The molecular weight excluding hydrogens is 208 g/mol. The summed E-state index contributed by atoms with van der Waals surface area (Å²) in [4.78, 5) is 9.40. The molecule has 2 rings (SSSR count). The summed E-state index contributed by atoms with van der Waals surface area (Å²) in [6, 6.07) is 4.32. The number of hydrogen-bond acceptors (Lipinski definition) is 2. The zero-order valence-electron chi connectivity index (χ0n) is 11.8. The minimum atomic E-state index is 0.0923. The third-order valence-corrected chi connectivity index (χ3v) is 3.19. The van der Waals surface area contributed by atoms with E-state index in [1.54, 1.807) is 0 Å². The first-order valence-electron chi connectivity index (χ1n) is 6.26. The zero-order chi connectivity index (χ0) is 12.8. The third-order valence-electron chi connectivity index (χ3n) is 3.19. The number of aromatic nitrogens is 1. The van der Waals surface area contributed by atoms with Crippen molar-refractivity contribution in [3.8, 4) is 0 Å². The van der Waals surface area contributed by atoms with Crippen molar-refractivity contribution in [2.45, 2.75) is 53.4 Å². The van der Waals surface area contributed by atoms with Crippen LogP contribution in [0.2, 0.25) is 0 Å². The van der Waals surface area contributed by atoms with Crippen molar-refractivity contribution >= 4 is 11.5 Å². The molecule has 0 radical (unpaired) electrons. The smallest absolute Gasteiger partial charge is 0.155 e. The fraction of sp³-hybridized carbons (Fsp3) is 0.600. The lowest BCUT2D eigenvalue weighted by molar-refractivity contribution is 0.569. The molecule has 0 saturated heterocycles. The Morgan fingerprint density at radius 3 is 2.12 bits per heavy atom. The van der Waals surface area contributed by atoms with Crippen LogP contribution >= 0.6 is 0 Å². The standard InChI is InChI=1S/C15H22N2/c1-14(2,3)11-8-7-10-9-12(15(4,5)6)17-13(10)16-11/h7-8H,9H2,1-6H3. The van der Waals surface area contributed by atoms with Gasteiger partial charge in [-0.2, -0.15) is 0 Å². The molecule has 2 heterocycles. The zero-order valence-corrected chi connectivity index (χ0v) is 11.8. The molecule has 0 amide bonds. The van der Waals surface area contributed by atoms with Gasteiger partial charge >= 0.3 is 0 Å². The van der Waals surface area contributed by atoms with Crippen molar-refractivity contribution in [3.05, 3.63) is 23.4 Å². The predicted molar refractivity (Wildman–Crippen MR) is 73.2 cm³/mol. The van der Waals surface area contributed by atoms with Gasteiger partial charge in [-0.1, -0.05) is 47.6 Å². The maximum Gasteiger partial charge on any atom is 0.155 e. The number of pyridine rings is 1. The number of fused-ring (bicyclic) bond motifs is 1. The first-order valence-corrected chi connectivity index (χ1v) is 6.26. The highest BCUT2D eigenvalue weighted by Gasteiger charge is 2.27. The van der Waals surface area contributed by atoms with E-state index in [-0.39, 0.29) is 10.8 Å². The van der Waals surface area contributed by atoms with E-state index < -0.39 is 0 Å². The average Bonchev–Trinajstić information content (AvgIpc) is 2.57. The minimum absolute atomic E-state index is 0.0923. The number of hydrogen-bond donors (Lipinski definition) is 0. The Kier molecular flexibility index (Phi) is 2.64. The van der Waals surface area contributed by atoms with Gasteiger partial charge in [0.25, 0.3) is 0 Å². The summed E-state index contributed by atoms with van der Waals surface area (Å²) in [5.74, 6) is 0.933. The molecule has 0 unspecified atom stereocenters. The first-order chi connectivity index (χ1) is 7.68. The van der Waals surface area contributed by atoms with Gasteiger partial charge in [-0.25, -0.2) is 9.98 Å². The quantitative estimate of drug-likeness (QED) is 0.660. The SMILES string of the molecule is CC(C)(C)C1=Nc2nc(C(C)(C)C)ccc2C1. The molecule has 2 nitrogen and oxygen atoms in total. The highest BCUT2D eigenvalue weighted by atomic mass is 15.0. The number of aliphatic imine (C=N–C) groups is 1. The van der Waals surface area contributed by atoms with E-state index in [9.17, 15) is 0 Å². The van der Waals surface area contributed by atoms with Crippen LogP contribution in [0, 0.1) is 5.41 Å². The van der Waals surface area contributed by atoms with Gasteiger partial charge in [0.15, 0.2) is 5.82 Å². The summed E-state index contributed by atoms with van der Waals surface area (Å²) in [5, 5.41) is 0. The first kappa shape index (κ1) is 12.3. The fourth-order valence-electron chi connectivity index (χ4n) is 1.91. The Morgan fingerprint density at radius 2 is 1.59 bits per heavy atom. The average molecular weight is 230 g/mol. The fourth-order valence-corrected chi connectivity index (χ4v) is 1.91. The van der Waals surface area contributed by atoms with Crippen LogP contribution < -0.4 is 0 Å². The summed E-state index contributed by atoms with van der Waals surface area (Å²) in [6.07, 6.45) is 0.955. The number of rotatable bonds is 0. The minimum Gasteiger partial charge on any atom is -0.237 e. The maximum absolute atomic E-state index is 4.70. The van der Waals surface area contributed by atoms with Gasteiger partial charge in [0.2, 0.25) is 0 Å². The Morgan fingerprint density at radius 1 is 0.941 bits per heavy atom. The molecule has 0 N–H and O–H groups in total. The van der Waals surface area contributed by atoms with Crippen molar-refractivity contribution in [2.75, 3.05) is 0 Å². The summed E-state index contributed by atoms with van der Waals surface area (Å²) in [7, 11) is 0. The van der Waals surface area contributed by atoms with Crippen LogP contribution in [0.4, 0.5) is 5.82 Å². The Bertz CT molecular complexity index is 471. The Balaban J connectivity index is 2.40. The lowest BCUT2D eigenvalue weighted by Gasteiger charge is -2.17. The second kappa shape index (κ2) is 3.66. The van der Waals surface area contributed by atoms with Crippen LogP contribution in [0.15, 0.2) is 17.1 Å². The van der Waals surface area contributed by atoms with Crippen molar-refractivity contribution in [2.24, 2.45) is 10.4 Å². The van der Waals surface area contributed by atoms with Crippen LogP contribution in [0.1, 0.15) is 52.8 Å². The molecule has 1 aliphatic heterocycles. The lowest BCUT2D eigenvalue weighted by atomic mass is 9.87. The summed E-state index contributed by atoms with van der Waals surface area (Å²) < 4.78 is 0. The van der Waals surface area contributed by atoms with Gasteiger partial charge in [-0.15, -0.1) is 0 Å². The monoisotopic (exact) mass is 230 g/mol. The van der Waals surface area contributed by atoms with E-state index in [0.29, 0.717) is 0 Å². The predicted octanol–water partition coefficient (Wildman–Crippen LogP) is 4.05. The summed E-state index contributed by atoms with van der Waals surface area (Å²) in [6.45, 7) is 13.2. The van der Waals surface area contributed by atoms with Gasteiger partial charge in [-0.3, -0.25) is 0 Å². The molecule has 0 spiro atoms. The van der Waals surface area contributed by atoms with Gasteiger partial charge < -0.3 is 0 Å². The normalized spacial score (nSPS) is 15.8. The molecule has 0 saturated carbocycles. The lowest BCUT2D eigenvalue weighted by Crippen LogP contribution is -2.19. The van der Waals surface area contributed by atoms with Crippen LogP contribution in [0.3, 0.4) is 0 Å². The van der Waals surface area contributed by atoms with Gasteiger partial charge in [-0.05, 0) is 6.07 Å². The second-order valence-corrected chi connectivity index (χ2v) is 6.91. The Labute approximate surface area is 104 Å². The molecular formula is C15H22N2. The van der Waals surface area contributed by atoms with Crippen LogP contribution in [0.25, 0.3) is 0 Å². The van der Waals surface area contributed by atoms with Gasteiger partial charge in [0.1, 0.15) is 0 Å². The largest absolute Gasteiger partial charge is 0.237 e. The molecule has 0 atom stereocenters. The van der Waals surface area contributed by atoms with E-state index in [1.807, 2.05) is 0 Å².